The molecule has 618 valence electrons. The zero-order chi connectivity index (χ0) is 90.2. The molecule has 0 bridgehead atoms. The van der Waals surface area contributed by atoms with Crippen LogP contribution in [0.1, 0.15) is 53.0 Å². The molecule has 0 N–H and O–H groups in total. The first kappa shape index (κ1) is 77.9. The summed E-state index contributed by atoms with van der Waals surface area (Å²) in [6, 6.07) is 156. The SMILES string of the molecule is Cc1cc2[n+](cc1-c1ccccc1)C1(c3ccccc3-c3cccc[n+]31)c1ccccc1-2.Cc1cccc(-c2[c-]cccc2)n1.[2H]C([2H])([2H])c1cc2[n+](cc1-c1ccccc1)C1(c3ccccc3-c3cccc[n+]31)c1ccccc1-2.[2H]C([2H])([2H])c1cccc(-c2[c-]cccc2)n1.[Ir].[Ir].[c-]1ccccc1-c1ccc(-c2ccccc2)cn1.[c-]1ccccc1-c1ccc(-c2ccccc2)cn1. The summed E-state index contributed by atoms with van der Waals surface area (Å²) in [5, 5.41) is 0. The Labute approximate surface area is 785 Å². The topological polar surface area (TPSA) is 67.1 Å². The van der Waals surface area contributed by atoms with Gasteiger partial charge >= 0.3 is 11.3 Å². The van der Waals surface area contributed by atoms with Gasteiger partial charge in [0.15, 0.2) is 24.8 Å². The zero-order valence-corrected chi connectivity index (χ0v) is 74.9. The Morgan fingerprint density at radius 2 is 0.578 bits per heavy atom. The van der Waals surface area contributed by atoms with Gasteiger partial charge in [-0.25, -0.2) is 0 Å². The van der Waals surface area contributed by atoms with Gasteiger partial charge in [-0.05, 0) is 168 Å². The number of pyridine rings is 8. The van der Waals surface area contributed by atoms with Crippen molar-refractivity contribution in [2.75, 3.05) is 0 Å². The predicted molar refractivity (Wildman–Crippen MR) is 506 cm³/mol. The number of aromatic nitrogens is 8. The van der Waals surface area contributed by atoms with E-state index in [9.17, 15) is 0 Å². The smallest absolute Gasteiger partial charge is 0.304 e. The fourth-order valence-electron chi connectivity index (χ4n) is 17.6. The Morgan fingerprint density at radius 1 is 0.250 bits per heavy atom. The largest absolute Gasteiger partial charge is 0.417 e. The molecule has 2 atom stereocenters. The second-order valence-electron chi connectivity index (χ2n) is 30.9. The van der Waals surface area contributed by atoms with Crippen LogP contribution in [0.2, 0.25) is 0 Å². The van der Waals surface area contributed by atoms with Crippen LogP contribution in [0.3, 0.4) is 0 Å². The number of benzene rings is 12. The van der Waals surface area contributed by atoms with Crippen molar-refractivity contribution in [1.82, 2.24) is 19.9 Å². The molecule has 10 heteroatoms. The monoisotopic (exact) mass is 2010 g/mol. The minimum atomic E-state index is -2.25. The van der Waals surface area contributed by atoms with Gasteiger partial charge in [0.1, 0.15) is 22.3 Å². The normalized spacial score (nSPS) is 14.3. The summed E-state index contributed by atoms with van der Waals surface area (Å²) >= 11 is 0. The number of rotatable bonds is 8. The van der Waals surface area contributed by atoms with Gasteiger partial charge in [-0.15, -0.1) is 162 Å². The Hall–Kier alpha value is -14.9. The maximum atomic E-state index is 8.36. The molecule has 4 aliphatic heterocycles. The van der Waals surface area contributed by atoms with Gasteiger partial charge in [-0.3, -0.25) is 0 Å². The Kier molecular flexibility index (Phi) is 23.6. The first-order chi connectivity index (χ1) is 64.6. The summed E-state index contributed by atoms with van der Waals surface area (Å²) < 4.78 is 56.5. The van der Waals surface area contributed by atoms with E-state index in [4.69, 9.17) is 8.22 Å². The average Bonchev–Trinajstić information content (AvgIpc) is 1.51. The molecule has 2 spiro atoms. The Morgan fingerprint density at radius 3 is 0.938 bits per heavy atom. The van der Waals surface area contributed by atoms with E-state index in [0.29, 0.717) is 11.3 Å². The summed E-state index contributed by atoms with van der Waals surface area (Å²) in [5.41, 5.74) is 32.3. The Balaban J connectivity index is 0.000000116. The van der Waals surface area contributed by atoms with Crippen molar-refractivity contribution in [2.24, 2.45) is 0 Å². The molecule has 8 aromatic heterocycles. The van der Waals surface area contributed by atoms with E-state index >= 15 is 0 Å². The van der Waals surface area contributed by atoms with Crippen LogP contribution < -0.4 is 18.3 Å². The average molecular weight is 2010 g/mol. The fraction of sp³-hybridized carbons (Fsp3) is 0.0508. The van der Waals surface area contributed by atoms with Crippen molar-refractivity contribution in [2.45, 2.75) is 38.9 Å². The molecule has 0 aliphatic carbocycles. The second-order valence-corrected chi connectivity index (χ2v) is 30.9. The number of nitrogens with zero attached hydrogens (tertiary/aromatic N) is 8. The summed E-state index contributed by atoms with van der Waals surface area (Å²) in [4.78, 5) is 17.5. The zero-order valence-electron chi connectivity index (χ0n) is 76.1. The molecule has 128 heavy (non-hydrogen) atoms. The van der Waals surface area contributed by atoms with Crippen molar-refractivity contribution in [1.29, 1.82) is 0 Å². The van der Waals surface area contributed by atoms with Gasteiger partial charge < -0.3 is 19.9 Å². The number of fused-ring (bicyclic) bond motifs is 20. The van der Waals surface area contributed by atoms with E-state index in [1.807, 2.05) is 220 Å². The van der Waals surface area contributed by atoms with E-state index in [0.717, 1.165) is 89.8 Å². The van der Waals surface area contributed by atoms with E-state index in [1.54, 1.807) is 18.2 Å². The van der Waals surface area contributed by atoms with Crippen molar-refractivity contribution in [3.63, 3.8) is 0 Å². The maximum Gasteiger partial charge on any atom is 0.417 e. The van der Waals surface area contributed by atoms with Gasteiger partial charge in [0.05, 0.1) is 22.3 Å². The Bertz CT molecular complexity index is 7150. The van der Waals surface area contributed by atoms with E-state index in [2.05, 4.69) is 294 Å². The quantitative estimate of drug-likeness (QED) is 0.112. The molecule has 0 amide bonds. The van der Waals surface area contributed by atoms with E-state index in [1.165, 1.54) is 78.7 Å². The minimum Gasteiger partial charge on any atom is -0.304 e. The van der Waals surface area contributed by atoms with Gasteiger partial charge in [-0.1, -0.05) is 218 Å². The van der Waals surface area contributed by atoms with Crippen LogP contribution in [0.4, 0.5) is 0 Å². The van der Waals surface area contributed by atoms with Crippen LogP contribution >= 0.6 is 0 Å². The summed E-state index contributed by atoms with van der Waals surface area (Å²) in [7, 11) is 0. The number of hydrogen-bond acceptors (Lipinski definition) is 4. The van der Waals surface area contributed by atoms with Crippen LogP contribution in [-0.2, 0) is 51.5 Å². The fourth-order valence-corrected chi connectivity index (χ4v) is 17.6. The first-order valence-electron chi connectivity index (χ1n) is 45.1. The molecule has 12 heterocycles. The standard InChI is InChI=1S/2C30H22N2.2C17H12N.2C12H10N.2Ir/c2*1-21-19-29-24-14-6-8-16-27(24)30(32(29)20-25(21)22-11-3-2-4-12-22)26-15-7-5-13-23(26)28-17-9-10-18-31(28)30;2*1-3-7-14(8-4-1)16-11-12-17(18-13-16)15-9-5-2-6-10-15;2*1-10-6-5-9-12(13-10)11-7-3-2-4-8-11;;/h2*2-20H,1H3;2*1-9,11-13H;2*2-7,9H,1H3;;/q2*+2;4*-1;;/i1D3;;;;1D3;;;. The molecule has 20 aromatic rings. The molecular formula is C118H88Ir2N8. The molecule has 4 aliphatic rings. The third kappa shape index (κ3) is 16.8. The molecule has 2 unspecified atom stereocenters. The summed E-state index contributed by atoms with van der Waals surface area (Å²) in [5.74, 6) is 0. The first-order valence-corrected chi connectivity index (χ1v) is 42.1. The van der Waals surface area contributed by atoms with Crippen molar-refractivity contribution >= 4 is 0 Å². The molecule has 0 fully saturated rings. The molecule has 2 radical (unpaired) electrons. The molecular weight excluding hydrogens is 1910 g/mol. The number of aryl methyl sites for hydroxylation is 4. The third-order valence-electron chi connectivity index (χ3n) is 23.3. The van der Waals surface area contributed by atoms with Crippen LogP contribution in [0.25, 0.3) is 135 Å². The van der Waals surface area contributed by atoms with Crippen LogP contribution in [0.15, 0.2) is 462 Å². The van der Waals surface area contributed by atoms with Gasteiger partial charge in [-0.2, -0.15) is 0 Å². The molecule has 0 saturated carbocycles. The van der Waals surface area contributed by atoms with Crippen molar-refractivity contribution < 1.29 is 66.7 Å². The minimum absolute atomic E-state index is 0. The van der Waals surface area contributed by atoms with Crippen LogP contribution in [0, 0.1) is 51.8 Å². The van der Waals surface area contributed by atoms with Crippen LogP contribution in [0.5, 0.6) is 0 Å². The molecule has 24 rings (SSSR count). The summed E-state index contributed by atoms with van der Waals surface area (Å²) in [6.45, 7) is -0.193. The third-order valence-corrected chi connectivity index (χ3v) is 23.3. The van der Waals surface area contributed by atoms with Crippen molar-refractivity contribution in [3.8, 4) is 135 Å². The van der Waals surface area contributed by atoms with E-state index in [-0.39, 0.29) is 45.9 Å². The second kappa shape index (κ2) is 38.7. The molecule has 0 saturated heterocycles. The van der Waals surface area contributed by atoms with Gasteiger partial charge in [0.2, 0.25) is 22.8 Å². The van der Waals surface area contributed by atoms with Gasteiger partial charge in [0.25, 0.3) is 0 Å². The predicted octanol–water partition coefficient (Wildman–Crippen LogP) is 25.1. The summed E-state index contributed by atoms with van der Waals surface area (Å²) in [6.07, 6.45) is 12.6. The van der Waals surface area contributed by atoms with Crippen LogP contribution in [-0.4, -0.2) is 19.9 Å². The van der Waals surface area contributed by atoms with Gasteiger partial charge in [0, 0.05) is 120 Å². The van der Waals surface area contributed by atoms with Crippen molar-refractivity contribution in [3.05, 3.63) is 531 Å². The molecule has 12 aromatic carbocycles. The van der Waals surface area contributed by atoms with E-state index < -0.39 is 25.0 Å². The number of hydrogen-bond donors (Lipinski definition) is 0. The maximum absolute atomic E-state index is 8.36. The molecule has 8 nitrogen and oxygen atoms in total.